The average molecular weight is 485 g/mol. The van der Waals surface area contributed by atoms with E-state index in [9.17, 15) is 14.4 Å². The predicted octanol–water partition coefficient (Wildman–Crippen LogP) is 1.79. The number of ether oxygens (including phenoxy) is 3. The summed E-state index contributed by atoms with van der Waals surface area (Å²) in [6.45, 7) is 2.34. The van der Waals surface area contributed by atoms with Gasteiger partial charge in [-0.2, -0.15) is 0 Å². The number of esters is 1. The Morgan fingerprint density at radius 2 is 1.89 bits per heavy atom. The molecule has 1 fully saturated rings. The van der Waals surface area contributed by atoms with Crippen LogP contribution in [0.2, 0.25) is 0 Å². The summed E-state index contributed by atoms with van der Waals surface area (Å²) in [7, 11) is 2.82. The number of methoxy groups -OCH3 is 2. The van der Waals surface area contributed by atoms with Gasteiger partial charge in [-0.05, 0) is 49.2 Å². The number of amides is 2. The van der Waals surface area contributed by atoms with Gasteiger partial charge in [0.15, 0.2) is 0 Å². The molecule has 0 aliphatic carbocycles. The maximum atomic E-state index is 12.4. The van der Waals surface area contributed by atoms with Gasteiger partial charge in [0.25, 0.3) is 0 Å². The second-order valence-electron chi connectivity index (χ2n) is 8.09. The highest BCUT2D eigenvalue weighted by molar-refractivity contribution is 5.93. The van der Waals surface area contributed by atoms with Gasteiger partial charge in [0.05, 0.1) is 33.4 Å². The van der Waals surface area contributed by atoms with Crippen LogP contribution in [-0.2, 0) is 25.5 Å². The van der Waals surface area contributed by atoms with Gasteiger partial charge in [-0.1, -0.05) is 12.1 Å². The van der Waals surface area contributed by atoms with Crippen LogP contribution in [0.5, 0.6) is 11.5 Å². The molecule has 0 saturated carbocycles. The van der Waals surface area contributed by atoms with Crippen molar-refractivity contribution >= 4 is 23.6 Å². The standard InChI is InChI=1S/C25H32N4O6/c1-33-20-9-10-22(27-17-20)28-23(30)16-21(25(32)34-2)26-12-11-18-5-7-19(8-6-18)35-15-14-29-13-3-4-24(29)31/h5-10,17,21,26H,3-4,11-16H2,1-2H3,(H,27,28,30). The number of nitrogens with zero attached hydrogens (tertiary/aromatic N) is 2. The zero-order valence-corrected chi connectivity index (χ0v) is 20.1. The molecule has 10 heteroatoms. The topological polar surface area (TPSA) is 119 Å². The SMILES string of the molecule is COC(=O)C(CC(=O)Nc1ccc(OC)cn1)NCCc1ccc(OCCN2CCCC2=O)cc1. The monoisotopic (exact) mass is 484 g/mol. The molecule has 2 N–H and O–H groups in total. The van der Waals surface area contributed by atoms with Crippen LogP contribution in [0, 0.1) is 0 Å². The smallest absolute Gasteiger partial charge is 0.323 e. The van der Waals surface area contributed by atoms with Crippen LogP contribution < -0.4 is 20.1 Å². The lowest BCUT2D eigenvalue weighted by Gasteiger charge is -2.17. The summed E-state index contributed by atoms with van der Waals surface area (Å²) in [4.78, 5) is 42.1. The first-order chi connectivity index (χ1) is 17.0. The van der Waals surface area contributed by atoms with E-state index >= 15 is 0 Å². The summed E-state index contributed by atoms with van der Waals surface area (Å²) in [5, 5.41) is 5.76. The van der Waals surface area contributed by atoms with Crippen molar-refractivity contribution < 1.29 is 28.6 Å². The Morgan fingerprint density at radius 1 is 1.11 bits per heavy atom. The Morgan fingerprint density at radius 3 is 2.51 bits per heavy atom. The number of aromatic nitrogens is 1. The van der Waals surface area contributed by atoms with E-state index in [1.54, 1.807) is 12.1 Å². The Labute approximate surface area is 204 Å². The highest BCUT2D eigenvalue weighted by atomic mass is 16.5. The van der Waals surface area contributed by atoms with E-state index in [0.29, 0.717) is 44.1 Å². The summed E-state index contributed by atoms with van der Waals surface area (Å²) in [5.74, 6) is 1.01. The van der Waals surface area contributed by atoms with E-state index in [-0.39, 0.29) is 18.2 Å². The van der Waals surface area contributed by atoms with Crippen LogP contribution in [0.3, 0.4) is 0 Å². The number of rotatable bonds is 13. The summed E-state index contributed by atoms with van der Waals surface area (Å²) >= 11 is 0. The van der Waals surface area contributed by atoms with Crippen LogP contribution in [0.15, 0.2) is 42.6 Å². The third-order valence-corrected chi connectivity index (χ3v) is 5.64. The first kappa shape index (κ1) is 26.0. The minimum absolute atomic E-state index is 0.0906. The van der Waals surface area contributed by atoms with Crippen LogP contribution in [0.1, 0.15) is 24.8 Å². The van der Waals surface area contributed by atoms with E-state index in [4.69, 9.17) is 14.2 Å². The van der Waals surface area contributed by atoms with Gasteiger partial charge < -0.3 is 29.7 Å². The second kappa shape index (κ2) is 13.3. The van der Waals surface area contributed by atoms with Crippen molar-refractivity contribution in [3.63, 3.8) is 0 Å². The normalized spacial score (nSPS) is 13.9. The fourth-order valence-electron chi connectivity index (χ4n) is 3.69. The molecule has 2 heterocycles. The maximum absolute atomic E-state index is 12.4. The quantitative estimate of drug-likeness (QED) is 0.413. The molecule has 35 heavy (non-hydrogen) atoms. The fourth-order valence-corrected chi connectivity index (χ4v) is 3.69. The molecule has 1 saturated heterocycles. The number of anilines is 1. The third kappa shape index (κ3) is 8.25. The lowest BCUT2D eigenvalue weighted by molar-refractivity contribution is -0.144. The molecular formula is C25H32N4O6. The maximum Gasteiger partial charge on any atom is 0.323 e. The lowest BCUT2D eigenvalue weighted by atomic mass is 10.1. The molecule has 2 amide bonds. The van der Waals surface area contributed by atoms with Gasteiger partial charge >= 0.3 is 5.97 Å². The van der Waals surface area contributed by atoms with E-state index in [1.807, 2.05) is 29.2 Å². The molecule has 1 unspecified atom stereocenters. The number of pyridine rings is 1. The van der Waals surface area contributed by atoms with Crippen molar-refractivity contribution in [2.24, 2.45) is 0 Å². The molecule has 0 radical (unpaired) electrons. The molecule has 1 aliphatic rings. The van der Waals surface area contributed by atoms with Crippen molar-refractivity contribution in [3.05, 3.63) is 48.2 Å². The number of hydrogen-bond donors (Lipinski definition) is 2. The molecule has 3 rings (SSSR count). The number of likely N-dealkylation sites (tertiary alicyclic amines) is 1. The first-order valence-corrected chi connectivity index (χ1v) is 11.6. The molecular weight excluding hydrogens is 452 g/mol. The van der Waals surface area contributed by atoms with E-state index in [1.165, 1.54) is 20.4 Å². The van der Waals surface area contributed by atoms with Crippen molar-refractivity contribution in [2.75, 3.05) is 45.8 Å². The summed E-state index contributed by atoms with van der Waals surface area (Å²) in [5.41, 5.74) is 1.05. The summed E-state index contributed by atoms with van der Waals surface area (Å²) < 4.78 is 15.6. The lowest BCUT2D eigenvalue weighted by Crippen LogP contribution is -2.41. The minimum atomic E-state index is -0.783. The molecule has 188 valence electrons. The van der Waals surface area contributed by atoms with Crippen LogP contribution >= 0.6 is 0 Å². The Bertz CT molecular complexity index is 980. The van der Waals surface area contributed by atoms with Gasteiger partial charge in [0, 0.05) is 13.0 Å². The minimum Gasteiger partial charge on any atom is -0.495 e. The Kier molecular flexibility index (Phi) is 9.85. The zero-order valence-electron chi connectivity index (χ0n) is 20.1. The fraction of sp³-hybridized carbons (Fsp3) is 0.440. The molecule has 0 spiro atoms. The molecule has 2 aromatic rings. The summed E-state index contributed by atoms with van der Waals surface area (Å²) in [6.07, 6.45) is 3.61. The average Bonchev–Trinajstić information content (AvgIpc) is 3.28. The largest absolute Gasteiger partial charge is 0.495 e. The number of hydrogen-bond acceptors (Lipinski definition) is 8. The van der Waals surface area contributed by atoms with Gasteiger partial charge in [-0.25, -0.2) is 4.98 Å². The number of benzene rings is 1. The molecule has 1 aromatic heterocycles. The highest BCUT2D eigenvalue weighted by Crippen LogP contribution is 2.14. The molecule has 1 atom stereocenters. The van der Waals surface area contributed by atoms with Crippen LogP contribution in [0.25, 0.3) is 0 Å². The molecule has 1 aliphatic heterocycles. The molecule has 10 nitrogen and oxygen atoms in total. The first-order valence-electron chi connectivity index (χ1n) is 11.6. The van der Waals surface area contributed by atoms with E-state index in [0.717, 1.165) is 24.3 Å². The van der Waals surface area contributed by atoms with E-state index in [2.05, 4.69) is 15.6 Å². The van der Waals surface area contributed by atoms with E-state index < -0.39 is 12.0 Å². The Hall–Kier alpha value is -3.66. The van der Waals surface area contributed by atoms with Crippen LogP contribution in [0.4, 0.5) is 5.82 Å². The highest BCUT2D eigenvalue weighted by Gasteiger charge is 2.22. The van der Waals surface area contributed by atoms with Gasteiger partial charge in [0.1, 0.15) is 30.0 Å². The molecule has 1 aromatic carbocycles. The number of carbonyl (C=O) groups is 3. The molecule has 0 bridgehead atoms. The van der Waals surface area contributed by atoms with Crippen molar-refractivity contribution in [2.45, 2.75) is 31.7 Å². The summed E-state index contributed by atoms with van der Waals surface area (Å²) in [6, 6.07) is 10.2. The van der Waals surface area contributed by atoms with Gasteiger partial charge in [0.2, 0.25) is 11.8 Å². The van der Waals surface area contributed by atoms with Crippen molar-refractivity contribution in [1.82, 2.24) is 15.2 Å². The van der Waals surface area contributed by atoms with Crippen molar-refractivity contribution in [1.29, 1.82) is 0 Å². The van der Waals surface area contributed by atoms with Gasteiger partial charge in [-0.15, -0.1) is 0 Å². The Balaban J connectivity index is 1.41. The van der Waals surface area contributed by atoms with Gasteiger partial charge in [-0.3, -0.25) is 14.4 Å². The van der Waals surface area contributed by atoms with Crippen molar-refractivity contribution in [3.8, 4) is 11.5 Å². The number of carbonyl (C=O) groups excluding carboxylic acids is 3. The van der Waals surface area contributed by atoms with Crippen LogP contribution in [-0.4, -0.2) is 74.2 Å². The third-order valence-electron chi connectivity index (χ3n) is 5.64. The second-order valence-corrected chi connectivity index (χ2v) is 8.09. The predicted molar refractivity (Wildman–Crippen MR) is 129 cm³/mol. The zero-order chi connectivity index (χ0) is 25.0. The number of nitrogens with one attached hydrogen (secondary N) is 2.